The van der Waals surface area contributed by atoms with Gasteiger partial charge in [-0.3, -0.25) is 14.7 Å². The molecule has 1 aliphatic rings. The normalized spacial score (nSPS) is 19.3. The molecule has 0 radical (unpaired) electrons. The van der Waals surface area contributed by atoms with E-state index in [9.17, 15) is 0 Å². The molecule has 1 atom stereocenters. The molecule has 1 aliphatic heterocycles. The van der Waals surface area contributed by atoms with Crippen molar-refractivity contribution < 1.29 is 0 Å². The lowest BCUT2D eigenvalue weighted by Crippen LogP contribution is -2.34. The summed E-state index contributed by atoms with van der Waals surface area (Å²) in [6, 6.07) is 0. The largest absolute Gasteiger partial charge is 0.298 e. The fourth-order valence-corrected chi connectivity index (χ4v) is 3.59. The van der Waals surface area contributed by atoms with Gasteiger partial charge in [0, 0.05) is 43.0 Å². The van der Waals surface area contributed by atoms with Crippen molar-refractivity contribution in [2.75, 3.05) is 13.1 Å². The van der Waals surface area contributed by atoms with Gasteiger partial charge in [-0.2, -0.15) is 10.2 Å². The van der Waals surface area contributed by atoms with E-state index in [0.717, 1.165) is 19.6 Å². The van der Waals surface area contributed by atoms with E-state index in [-0.39, 0.29) is 0 Å². The van der Waals surface area contributed by atoms with Gasteiger partial charge in [-0.25, -0.2) is 0 Å². The molecule has 5 heteroatoms. The Balaban J connectivity index is 1.63. The van der Waals surface area contributed by atoms with Gasteiger partial charge >= 0.3 is 0 Å². The molecule has 5 nitrogen and oxygen atoms in total. The first-order valence-corrected chi connectivity index (χ1v) is 8.92. The summed E-state index contributed by atoms with van der Waals surface area (Å²) in [6.45, 7) is 10.9. The number of hydrogen-bond acceptors (Lipinski definition) is 3. The molecule has 1 N–H and O–H groups in total. The van der Waals surface area contributed by atoms with Gasteiger partial charge in [-0.1, -0.05) is 13.3 Å². The monoisotopic (exact) mass is 315 g/mol. The van der Waals surface area contributed by atoms with Gasteiger partial charge < -0.3 is 0 Å². The van der Waals surface area contributed by atoms with E-state index in [2.05, 4.69) is 51.8 Å². The SMILES string of the molecule is CCCCn1cc(CN2CCCC(c3[nH]ncc3C)C2)c(C)n1. The molecule has 126 valence electrons. The first-order valence-electron chi connectivity index (χ1n) is 8.92. The molecular weight excluding hydrogens is 286 g/mol. The molecule has 0 aromatic carbocycles. The number of piperidine rings is 1. The van der Waals surface area contributed by atoms with Crippen LogP contribution in [0.2, 0.25) is 0 Å². The summed E-state index contributed by atoms with van der Waals surface area (Å²) in [5.74, 6) is 0.585. The van der Waals surface area contributed by atoms with E-state index in [1.165, 1.54) is 54.7 Å². The zero-order chi connectivity index (χ0) is 16.2. The minimum absolute atomic E-state index is 0.585. The van der Waals surface area contributed by atoms with Crippen LogP contribution in [0.25, 0.3) is 0 Å². The Labute approximate surface area is 139 Å². The standard InChI is InChI=1S/C18H29N5/c1-4-5-9-23-13-17(15(3)21-23)12-22-8-6-7-16(11-22)18-14(2)10-19-20-18/h10,13,16H,4-9,11-12H2,1-3H3,(H,19,20). The third-order valence-corrected chi connectivity index (χ3v) is 4.96. The van der Waals surface area contributed by atoms with Crippen molar-refractivity contribution in [3.05, 3.63) is 34.9 Å². The van der Waals surface area contributed by atoms with Crippen molar-refractivity contribution in [3.63, 3.8) is 0 Å². The van der Waals surface area contributed by atoms with E-state index in [1.807, 2.05) is 6.20 Å². The van der Waals surface area contributed by atoms with E-state index in [1.54, 1.807) is 0 Å². The van der Waals surface area contributed by atoms with Gasteiger partial charge in [0.25, 0.3) is 0 Å². The quantitative estimate of drug-likeness (QED) is 0.889. The zero-order valence-corrected chi connectivity index (χ0v) is 14.7. The summed E-state index contributed by atoms with van der Waals surface area (Å²) in [4.78, 5) is 2.57. The molecule has 0 aliphatic carbocycles. The molecule has 3 heterocycles. The molecule has 1 unspecified atom stereocenters. The maximum Gasteiger partial charge on any atom is 0.0638 e. The van der Waals surface area contributed by atoms with Gasteiger partial charge in [0.05, 0.1) is 11.9 Å². The predicted octanol–water partition coefficient (Wildman–Crippen LogP) is 3.40. The minimum Gasteiger partial charge on any atom is -0.298 e. The van der Waals surface area contributed by atoms with Crippen LogP contribution in [0, 0.1) is 13.8 Å². The number of aromatic nitrogens is 4. The van der Waals surface area contributed by atoms with E-state index in [0.29, 0.717) is 5.92 Å². The Morgan fingerprint density at radius 1 is 1.35 bits per heavy atom. The molecule has 2 aromatic heterocycles. The van der Waals surface area contributed by atoms with Gasteiger partial charge in [-0.15, -0.1) is 0 Å². The third-order valence-electron chi connectivity index (χ3n) is 4.96. The van der Waals surface area contributed by atoms with Crippen molar-refractivity contribution >= 4 is 0 Å². The second-order valence-electron chi connectivity index (χ2n) is 6.90. The number of H-pyrrole nitrogens is 1. The number of nitrogens with one attached hydrogen (secondary N) is 1. The first kappa shape index (κ1) is 16.2. The van der Waals surface area contributed by atoms with Crippen LogP contribution in [0.4, 0.5) is 0 Å². The maximum atomic E-state index is 4.67. The fourth-order valence-electron chi connectivity index (χ4n) is 3.59. The van der Waals surface area contributed by atoms with Gasteiger partial charge in [0.1, 0.15) is 0 Å². The zero-order valence-electron chi connectivity index (χ0n) is 14.7. The third kappa shape index (κ3) is 3.83. The van der Waals surface area contributed by atoms with E-state index >= 15 is 0 Å². The van der Waals surface area contributed by atoms with Crippen LogP contribution < -0.4 is 0 Å². The van der Waals surface area contributed by atoms with Crippen molar-refractivity contribution in [1.29, 1.82) is 0 Å². The lowest BCUT2D eigenvalue weighted by Gasteiger charge is -2.32. The Morgan fingerprint density at radius 3 is 2.96 bits per heavy atom. The Hall–Kier alpha value is -1.62. The van der Waals surface area contributed by atoms with Crippen LogP contribution in [0.1, 0.15) is 61.0 Å². The summed E-state index contributed by atoms with van der Waals surface area (Å²) in [5, 5.41) is 12.1. The van der Waals surface area contributed by atoms with Crippen LogP contribution in [-0.2, 0) is 13.1 Å². The molecule has 23 heavy (non-hydrogen) atoms. The second-order valence-corrected chi connectivity index (χ2v) is 6.90. The Bertz CT molecular complexity index is 627. The molecule has 0 spiro atoms. The molecule has 1 fully saturated rings. The van der Waals surface area contributed by atoms with Crippen molar-refractivity contribution in [2.24, 2.45) is 0 Å². The summed E-state index contributed by atoms with van der Waals surface area (Å²) in [7, 11) is 0. The Kier molecular flexibility index (Phi) is 5.16. The molecular formula is C18H29N5. The smallest absolute Gasteiger partial charge is 0.0638 e. The molecule has 0 bridgehead atoms. The lowest BCUT2D eigenvalue weighted by atomic mass is 9.92. The molecule has 0 amide bonds. The molecule has 1 saturated heterocycles. The highest BCUT2D eigenvalue weighted by Crippen LogP contribution is 2.28. The van der Waals surface area contributed by atoms with Gasteiger partial charge in [-0.05, 0) is 45.2 Å². The minimum atomic E-state index is 0.585. The van der Waals surface area contributed by atoms with Gasteiger partial charge in [0.15, 0.2) is 0 Å². The van der Waals surface area contributed by atoms with Crippen molar-refractivity contribution in [2.45, 2.75) is 65.5 Å². The maximum absolute atomic E-state index is 4.67. The average molecular weight is 315 g/mol. The molecule has 2 aromatic rings. The fraction of sp³-hybridized carbons (Fsp3) is 0.667. The van der Waals surface area contributed by atoms with Gasteiger partial charge in [0.2, 0.25) is 0 Å². The summed E-state index contributed by atoms with van der Waals surface area (Å²) >= 11 is 0. The number of aromatic amines is 1. The van der Waals surface area contributed by atoms with Crippen LogP contribution >= 0.6 is 0 Å². The number of likely N-dealkylation sites (tertiary alicyclic amines) is 1. The van der Waals surface area contributed by atoms with Crippen LogP contribution in [-0.4, -0.2) is 38.0 Å². The first-order chi connectivity index (χ1) is 11.2. The van der Waals surface area contributed by atoms with Crippen LogP contribution in [0.5, 0.6) is 0 Å². The number of hydrogen-bond donors (Lipinski definition) is 1. The lowest BCUT2D eigenvalue weighted by molar-refractivity contribution is 0.198. The van der Waals surface area contributed by atoms with Crippen LogP contribution in [0.3, 0.4) is 0 Å². The molecule has 0 saturated carbocycles. The van der Waals surface area contributed by atoms with E-state index in [4.69, 9.17) is 0 Å². The van der Waals surface area contributed by atoms with Crippen LogP contribution in [0.15, 0.2) is 12.4 Å². The predicted molar refractivity (Wildman–Crippen MR) is 92.4 cm³/mol. The average Bonchev–Trinajstić information content (AvgIpc) is 3.12. The van der Waals surface area contributed by atoms with E-state index < -0.39 is 0 Å². The number of nitrogens with zero attached hydrogens (tertiary/aromatic N) is 4. The second kappa shape index (κ2) is 7.30. The molecule has 3 rings (SSSR count). The highest BCUT2D eigenvalue weighted by molar-refractivity contribution is 5.20. The summed E-state index contributed by atoms with van der Waals surface area (Å²) in [6.07, 6.45) is 9.11. The van der Waals surface area contributed by atoms with Crippen molar-refractivity contribution in [1.82, 2.24) is 24.9 Å². The highest BCUT2D eigenvalue weighted by atomic mass is 15.3. The van der Waals surface area contributed by atoms with Crippen molar-refractivity contribution in [3.8, 4) is 0 Å². The number of aryl methyl sites for hydroxylation is 3. The highest BCUT2D eigenvalue weighted by Gasteiger charge is 2.24. The Morgan fingerprint density at radius 2 is 2.22 bits per heavy atom. The number of unbranched alkanes of at least 4 members (excludes halogenated alkanes) is 1. The topological polar surface area (TPSA) is 49.7 Å². The summed E-state index contributed by atoms with van der Waals surface area (Å²) in [5.41, 5.74) is 5.18. The summed E-state index contributed by atoms with van der Waals surface area (Å²) < 4.78 is 2.12. The number of rotatable bonds is 6.